The number of aromatic nitrogens is 2. The summed E-state index contributed by atoms with van der Waals surface area (Å²) in [4.78, 5) is 11.6. The first-order valence-electron chi connectivity index (χ1n) is 8.65. The quantitative estimate of drug-likeness (QED) is 0.869. The highest BCUT2D eigenvalue weighted by molar-refractivity contribution is 5.45. The molecule has 122 valence electrons. The molecular weight excluding hydrogens is 284 g/mol. The van der Waals surface area contributed by atoms with Gasteiger partial charge in [-0.05, 0) is 32.3 Å². The molecule has 1 N–H and O–H groups in total. The third-order valence-corrected chi connectivity index (χ3v) is 4.45. The van der Waals surface area contributed by atoms with E-state index in [0.29, 0.717) is 6.04 Å². The van der Waals surface area contributed by atoms with Crippen LogP contribution in [0.5, 0.6) is 0 Å². The van der Waals surface area contributed by atoms with Crippen LogP contribution in [0.25, 0.3) is 0 Å². The lowest BCUT2D eigenvalue weighted by atomic mass is 10.2. The third kappa shape index (κ3) is 4.21. The number of benzene rings is 1. The SMILES string of the molecule is CCN(Cc1ccccc1)c1cc(C)nc(NC2CCCC2)n1. The zero-order valence-electron chi connectivity index (χ0n) is 14.1. The smallest absolute Gasteiger partial charge is 0.225 e. The molecule has 0 saturated heterocycles. The highest BCUT2D eigenvalue weighted by atomic mass is 15.2. The van der Waals surface area contributed by atoms with Gasteiger partial charge in [-0.15, -0.1) is 0 Å². The zero-order valence-corrected chi connectivity index (χ0v) is 14.1. The van der Waals surface area contributed by atoms with E-state index in [9.17, 15) is 0 Å². The minimum absolute atomic E-state index is 0.536. The lowest BCUT2D eigenvalue weighted by Gasteiger charge is -2.23. The van der Waals surface area contributed by atoms with Crippen LogP contribution in [-0.4, -0.2) is 22.6 Å². The van der Waals surface area contributed by atoms with Gasteiger partial charge in [0.25, 0.3) is 0 Å². The molecule has 0 radical (unpaired) electrons. The van der Waals surface area contributed by atoms with Crippen LogP contribution in [0.4, 0.5) is 11.8 Å². The van der Waals surface area contributed by atoms with E-state index in [2.05, 4.69) is 58.5 Å². The Hall–Kier alpha value is -2.10. The molecule has 3 rings (SSSR count). The van der Waals surface area contributed by atoms with E-state index in [4.69, 9.17) is 4.98 Å². The van der Waals surface area contributed by atoms with Crippen molar-refractivity contribution in [2.24, 2.45) is 0 Å². The molecule has 4 nitrogen and oxygen atoms in total. The Morgan fingerprint density at radius 1 is 1.13 bits per heavy atom. The molecule has 1 aromatic heterocycles. The van der Waals surface area contributed by atoms with Crippen LogP contribution >= 0.6 is 0 Å². The highest BCUT2D eigenvalue weighted by Gasteiger charge is 2.17. The second-order valence-electron chi connectivity index (χ2n) is 6.32. The number of hydrogen-bond acceptors (Lipinski definition) is 4. The second-order valence-corrected chi connectivity index (χ2v) is 6.32. The maximum Gasteiger partial charge on any atom is 0.225 e. The molecule has 0 aliphatic heterocycles. The molecule has 0 atom stereocenters. The second kappa shape index (κ2) is 7.44. The summed E-state index contributed by atoms with van der Waals surface area (Å²) in [5, 5.41) is 3.52. The monoisotopic (exact) mass is 310 g/mol. The molecule has 0 unspecified atom stereocenters. The van der Waals surface area contributed by atoms with Gasteiger partial charge in [-0.2, -0.15) is 4.98 Å². The first-order valence-corrected chi connectivity index (χ1v) is 8.65. The zero-order chi connectivity index (χ0) is 16.1. The van der Waals surface area contributed by atoms with Gasteiger partial charge in [-0.25, -0.2) is 4.98 Å². The number of rotatable bonds is 6. The van der Waals surface area contributed by atoms with E-state index < -0.39 is 0 Å². The molecule has 0 spiro atoms. The van der Waals surface area contributed by atoms with Gasteiger partial charge in [0.2, 0.25) is 5.95 Å². The fraction of sp³-hybridized carbons (Fsp3) is 0.474. The number of hydrogen-bond donors (Lipinski definition) is 1. The molecule has 4 heteroatoms. The normalized spacial score (nSPS) is 14.9. The predicted molar refractivity (Wildman–Crippen MR) is 95.8 cm³/mol. The van der Waals surface area contributed by atoms with E-state index in [1.54, 1.807) is 0 Å². The maximum absolute atomic E-state index is 4.77. The Labute approximate surface area is 139 Å². The van der Waals surface area contributed by atoms with Crippen LogP contribution in [0, 0.1) is 6.92 Å². The van der Waals surface area contributed by atoms with Crippen molar-refractivity contribution in [3.05, 3.63) is 47.7 Å². The van der Waals surface area contributed by atoms with E-state index in [-0.39, 0.29) is 0 Å². The summed E-state index contributed by atoms with van der Waals surface area (Å²) in [6, 6.07) is 13.2. The van der Waals surface area contributed by atoms with Crippen LogP contribution in [0.3, 0.4) is 0 Å². The Morgan fingerprint density at radius 2 is 1.87 bits per heavy atom. The molecule has 0 bridgehead atoms. The minimum Gasteiger partial charge on any atom is -0.352 e. The number of anilines is 2. The summed E-state index contributed by atoms with van der Waals surface area (Å²) in [6.07, 6.45) is 5.08. The molecule has 1 aliphatic carbocycles. The molecule has 1 aromatic carbocycles. The Kier molecular flexibility index (Phi) is 5.11. The van der Waals surface area contributed by atoms with E-state index >= 15 is 0 Å². The van der Waals surface area contributed by atoms with Crippen molar-refractivity contribution in [3.8, 4) is 0 Å². The fourth-order valence-corrected chi connectivity index (χ4v) is 3.19. The Bertz CT molecular complexity index is 621. The van der Waals surface area contributed by atoms with Crippen molar-refractivity contribution in [1.29, 1.82) is 0 Å². The molecule has 1 heterocycles. The Balaban J connectivity index is 1.77. The number of aryl methyl sites for hydroxylation is 1. The van der Waals surface area contributed by atoms with Gasteiger partial charge in [0.15, 0.2) is 0 Å². The van der Waals surface area contributed by atoms with Crippen LogP contribution in [-0.2, 0) is 6.54 Å². The van der Waals surface area contributed by atoms with Crippen molar-refractivity contribution in [2.45, 2.75) is 52.1 Å². The van der Waals surface area contributed by atoms with Crippen LogP contribution < -0.4 is 10.2 Å². The number of nitrogens with one attached hydrogen (secondary N) is 1. The molecule has 1 fully saturated rings. The summed E-state index contributed by atoms with van der Waals surface area (Å²) in [6.45, 7) is 6.01. The lowest BCUT2D eigenvalue weighted by Crippen LogP contribution is -2.24. The summed E-state index contributed by atoms with van der Waals surface area (Å²) >= 11 is 0. The lowest BCUT2D eigenvalue weighted by molar-refractivity contribution is 0.739. The van der Waals surface area contributed by atoms with Gasteiger partial charge < -0.3 is 10.2 Å². The predicted octanol–water partition coefficient (Wildman–Crippen LogP) is 4.17. The molecule has 23 heavy (non-hydrogen) atoms. The van der Waals surface area contributed by atoms with Gasteiger partial charge in [0.1, 0.15) is 5.82 Å². The minimum atomic E-state index is 0.536. The van der Waals surface area contributed by atoms with E-state index in [1.165, 1.54) is 31.2 Å². The van der Waals surface area contributed by atoms with Crippen molar-refractivity contribution in [3.63, 3.8) is 0 Å². The fourth-order valence-electron chi connectivity index (χ4n) is 3.19. The number of nitrogens with zero attached hydrogens (tertiary/aromatic N) is 3. The van der Waals surface area contributed by atoms with Gasteiger partial charge in [0, 0.05) is 30.9 Å². The average Bonchev–Trinajstić information content (AvgIpc) is 3.06. The first-order chi connectivity index (χ1) is 11.2. The van der Waals surface area contributed by atoms with Gasteiger partial charge in [-0.1, -0.05) is 43.2 Å². The van der Waals surface area contributed by atoms with Gasteiger partial charge >= 0.3 is 0 Å². The summed E-state index contributed by atoms with van der Waals surface area (Å²) in [7, 11) is 0. The standard InChI is InChI=1S/C19H26N4/c1-3-23(14-16-9-5-4-6-10-16)18-13-15(2)20-19(22-18)21-17-11-7-8-12-17/h4-6,9-10,13,17H,3,7-8,11-12,14H2,1-2H3,(H,20,21,22). The van der Waals surface area contributed by atoms with Crippen molar-refractivity contribution < 1.29 is 0 Å². The third-order valence-electron chi connectivity index (χ3n) is 4.45. The molecule has 0 amide bonds. The largest absolute Gasteiger partial charge is 0.352 e. The van der Waals surface area contributed by atoms with Crippen molar-refractivity contribution in [1.82, 2.24) is 9.97 Å². The van der Waals surface area contributed by atoms with Gasteiger partial charge in [-0.3, -0.25) is 0 Å². The van der Waals surface area contributed by atoms with E-state index in [1.807, 2.05) is 6.92 Å². The van der Waals surface area contributed by atoms with Crippen molar-refractivity contribution >= 4 is 11.8 Å². The summed E-state index contributed by atoms with van der Waals surface area (Å²) < 4.78 is 0. The topological polar surface area (TPSA) is 41.1 Å². The molecule has 1 aliphatic rings. The van der Waals surface area contributed by atoms with E-state index in [0.717, 1.165) is 30.5 Å². The average molecular weight is 310 g/mol. The first kappa shape index (κ1) is 15.8. The van der Waals surface area contributed by atoms with Crippen LogP contribution in [0.1, 0.15) is 43.9 Å². The highest BCUT2D eigenvalue weighted by Crippen LogP contribution is 2.23. The van der Waals surface area contributed by atoms with Gasteiger partial charge in [0.05, 0.1) is 0 Å². The Morgan fingerprint density at radius 3 is 2.57 bits per heavy atom. The molecule has 2 aromatic rings. The molecular formula is C19H26N4. The summed E-state index contributed by atoms with van der Waals surface area (Å²) in [5.74, 6) is 1.78. The van der Waals surface area contributed by atoms with Crippen LogP contribution in [0.15, 0.2) is 36.4 Å². The van der Waals surface area contributed by atoms with Crippen LogP contribution in [0.2, 0.25) is 0 Å². The van der Waals surface area contributed by atoms with Crippen molar-refractivity contribution in [2.75, 3.05) is 16.8 Å². The molecule has 1 saturated carbocycles. The maximum atomic E-state index is 4.77. The summed E-state index contributed by atoms with van der Waals surface area (Å²) in [5.41, 5.74) is 2.32.